The van der Waals surface area contributed by atoms with Crippen molar-refractivity contribution in [2.24, 2.45) is 11.3 Å². The summed E-state index contributed by atoms with van der Waals surface area (Å²) in [5.41, 5.74) is 1.54. The van der Waals surface area contributed by atoms with Crippen molar-refractivity contribution in [2.75, 3.05) is 24.6 Å². The Morgan fingerprint density at radius 3 is 2.91 bits per heavy atom. The van der Waals surface area contributed by atoms with Crippen molar-refractivity contribution in [1.29, 1.82) is 0 Å². The number of esters is 1. The van der Waals surface area contributed by atoms with E-state index in [1.165, 1.54) is 0 Å². The number of rotatable bonds is 4. The number of anilines is 1. The van der Waals surface area contributed by atoms with Crippen LogP contribution in [0, 0.1) is 11.3 Å². The summed E-state index contributed by atoms with van der Waals surface area (Å²) in [7, 11) is 0. The molecule has 3 rings (SSSR count). The number of fused-ring (bicyclic) bond motifs is 1. The van der Waals surface area contributed by atoms with Crippen molar-refractivity contribution >= 4 is 23.0 Å². The average molecular weight is 301 g/mol. The zero-order valence-corrected chi connectivity index (χ0v) is 13.4. The smallest absolute Gasteiger partial charge is 0.314 e. The fourth-order valence-corrected chi connectivity index (χ4v) is 3.25. The first-order valence-corrected chi connectivity index (χ1v) is 7.94. The molecule has 1 aromatic carbocycles. The minimum absolute atomic E-state index is 0.0800. The van der Waals surface area contributed by atoms with Crippen LogP contribution in [-0.4, -0.2) is 35.6 Å². The zero-order valence-electron chi connectivity index (χ0n) is 13.4. The highest BCUT2D eigenvalue weighted by Crippen LogP contribution is 2.40. The maximum absolute atomic E-state index is 12.5. The van der Waals surface area contributed by atoms with Gasteiger partial charge >= 0.3 is 5.97 Å². The Labute approximate surface area is 130 Å². The van der Waals surface area contributed by atoms with E-state index in [9.17, 15) is 4.79 Å². The van der Waals surface area contributed by atoms with E-state index in [0.717, 1.165) is 29.9 Å². The van der Waals surface area contributed by atoms with Crippen molar-refractivity contribution in [3.8, 4) is 0 Å². The van der Waals surface area contributed by atoms with E-state index in [-0.39, 0.29) is 11.9 Å². The number of imidazole rings is 1. The Morgan fingerprint density at radius 2 is 2.23 bits per heavy atom. The number of carbonyl (C=O) groups excluding carboxylic acids is 1. The number of aromatic nitrogens is 2. The number of ether oxygens (including phenoxy) is 1. The minimum Gasteiger partial charge on any atom is -0.466 e. The van der Waals surface area contributed by atoms with Crippen LogP contribution in [0.1, 0.15) is 27.2 Å². The van der Waals surface area contributed by atoms with E-state index in [1.807, 2.05) is 31.2 Å². The van der Waals surface area contributed by atoms with Crippen LogP contribution in [0.4, 0.5) is 5.95 Å². The summed E-state index contributed by atoms with van der Waals surface area (Å²) in [6.07, 6.45) is 0.806. The number of para-hydroxylation sites is 2. The predicted octanol–water partition coefficient (Wildman–Crippen LogP) is 2.98. The van der Waals surface area contributed by atoms with Gasteiger partial charge in [-0.1, -0.05) is 26.0 Å². The average Bonchev–Trinajstić information content (AvgIpc) is 3.12. The maximum atomic E-state index is 12.5. The van der Waals surface area contributed by atoms with Gasteiger partial charge in [-0.05, 0) is 31.4 Å². The van der Waals surface area contributed by atoms with Crippen LogP contribution in [0.15, 0.2) is 24.3 Å². The Balaban J connectivity index is 1.87. The van der Waals surface area contributed by atoms with Crippen molar-refractivity contribution in [3.63, 3.8) is 0 Å². The van der Waals surface area contributed by atoms with Gasteiger partial charge in [0.2, 0.25) is 5.95 Å². The highest BCUT2D eigenvalue weighted by Gasteiger charge is 2.48. The monoisotopic (exact) mass is 301 g/mol. The molecule has 118 valence electrons. The molecular weight excluding hydrogens is 278 g/mol. The summed E-state index contributed by atoms with van der Waals surface area (Å²) in [5.74, 6) is 0.998. The number of benzene rings is 1. The van der Waals surface area contributed by atoms with Crippen LogP contribution in [0.25, 0.3) is 11.0 Å². The molecule has 2 heterocycles. The molecule has 1 fully saturated rings. The van der Waals surface area contributed by atoms with Gasteiger partial charge in [-0.2, -0.15) is 0 Å². The second-order valence-corrected chi connectivity index (χ2v) is 6.28. The first kappa shape index (κ1) is 14.9. The van der Waals surface area contributed by atoms with Gasteiger partial charge in [-0.15, -0.1) is 0 Å². The predicted molar refractivity (Wildman–Crippen MR) is 86.8 cm³/mol. The normalized spacial score (nSPS) is 21.7. The second-order valence-electron chi connectivity index (χ2n) is 6.28. The molecule has 1 saturated heterocycles. The van der Waals surface area contributed by atoms with Gasteiger partial charge in [0.15, 0.2) is 0 Å². The van der Waals surface area contributed by atoms with Crippen molar-refractivity contribution in [3.05, 3.63) is 24.3 Å². The van der Waals surface area contributed by atoms with Crippen LogP contribution in [0.2, 0.25) is 0 Å². The number of carbonyl (C=O) groups is 1. The first-order valence-electron chi connectivity index (χ1n) is 7.94. The molecule has 0 amide bonds. The number of nitrogens with one attached hydrogen (secondary N) is 1. The molecule has 5 heteroatoms. The molecule has 0 bridgehead atoms. The molecule has 1 N–H and O–H groups in total. The Morgan fingerprint density at radius 1 is 1.45 bits per heavy atom. The van der Waals surface area contributed by atoms with Crippen LogP contribution in [0.3, 0.4) is 0 Å². The first-order chi connectivity index (χ1) is 10.6. The van der Waals surface area contributed by atoms with E-state index >= 15 is 0 Å². The molecule has 0 saturated carbocycles. The van der Waals surface area contributed by atoms with Gasteiger partial charge in [0.1, 0.15) is 0 Å². The lowest BCUT2D eigenvalue weighted by Gasteiger charge is -2.30. The standard InChI is InChI=1S/C17H23N3O2/c1-4-22-15(21)17(12(2)3)9-10-20(11-17)16-18-13-7-5-6-8-14(13)19-16/h5-8,12H,4,9-11H2,1-3H3,(H,18,19). The highest BCUT2D eigenvalue weighted by molar-refractivity contribution is 5.80. The van der Waals surface area contributed by atoms with Crippen LogP contribution in [-0.2, 0) is 9.53 Å². The lowest BCUT2D eigenvalue weighted by atomic mass is 9.76. The molecule has 0 aliphatic carbocycles. The molecule has 5 nitrogen and oxygen atoms in total. The summed E-state index contributed by atoms with van der Waals surface area (Å²) in [6, 6.07) is 7.98. The summed E-state index contributed by atoms with van der Waals surface area (Å²) >= 11 is 0. The molecular formula is C17H23N3O2. The van der Waals surface area contributed by atoms with Crippen molar-refractivity contribution < 1.29 is 9.53 Å². The van der Waals surface area contributed by atoms with Crippen LogP contribution in [0.5, 0.6) is 0 Å². The van der Waals surface area contributed by atoms with E-state index in [1.54, 1.807) is 0 Å². The quantitative estimate of drug-likeness (QED) is 0.882. The molecule has 0 radical (unpaired) electrons. The molecule has 1 aromatic heterocycles. The molecule has 1 atom stereocenters. The van der Waals surface area contributed by atoms with Gasteiger partial charge in [0, 0.05) is 13.1 Å². The lowest BCUT2D eigenvalue weighted by Crippen LogP contribution is -2.40. The Hall–Kier alpha value is -2.04. The zero-order chi connectivity index (χ0) is 15.7. The Bertz CT molecular complexity index is 646. The topological polar surface area (TPSA) is 58.2 Å². The lowest BCUT2D eigenvalue weighted by molar-refractivity contribution is -0.156. The summed E-state index contributed by atoms with van der Waals surface area (Å²) in [5, 5.41) is 0. The number of hydrogen-bond donors (Lipinski definition) is 1. The van der Waals surface area contributed by atoms with Crippen molar-refractivity contribution in [1.82, 2.24) is 9.97 Å². The van der Waals surface area contributed by atoms with E-state index in [4.69, 9.17) is 4.74 Å². The Kier molecular flexibility index (Phi) is 3.81. The third-order valence-corrected chi connectivity index (χ3v) is 4.76. The van der Waals surface area contributed by atoms with Gasteiger partial charge in [0.25, 0.3) is 0 Å². The van der Waals surface area contributed by atoms with E-state index in [0.29, 0.717) is 13.2 Å². The largest absolute Gasteiger partial charge is 0.466 e. The maximum Gasteiger partial charge on any atom is 0.314 e. The third kappa shape index (κ3) is 2.34. The van der Waals surface area contributed by atoms with Crippen LogP contribution >= 0.6 is 0 Å². The molecule has 1 unspecified atom stereocenters. The second kappa shape index (κ2) is 5.63. The third-order valence-electron chi connectivity index (χ3n) is 4.76. The number of H-pyrrole nitrogens is 1. The summed E-state index contributed by atoms with van der Waals surface area (Å²) in [4.78, 5) is 22.6. The van der Waals surface area contributed by atoms with Gasteiger partial charge in [-0.3, -0.25) is 4.79 Å². The van der Waals surface area contributed by atoms with E-state index in [2.05, 4.69) is 28.7 Å². The molecule has 22 heavy (non-hydrogen) atoms. The van der Waals surface area contributed by atoms with Gasteiger partial charge < -0.3 is 14.6 Å². The summed E-state index contributed by atoms with van der Waals surface area (Å²) < 4.78 is 5.34. The number of nitrogens with zero attached hydrogens (tertiary/aromatic N) is 2. The molecule has 0 spiro atoms. The van der Waals surface area contributed by atoms with Crippen molar-refractivity contribution in [2.45, 2.75) is 27.2 Å². The van der Waals surface area contributed by atoms with Gasteiger partial charge in [-0.25, -0.2) is 4.98 Å². The van der Waals surface area contributed by atoms with Gasteiger partial charge in [0.05, 0.1) is 23.1 Å². The molecule has 1 aliphatic rings. The van der Waals surface area contributed by atoms with Crippen LogP contribution < -0.4 is 4.90 Å². The SMILES string of the molecule is CCOC(=O)C1(C(C)C)CCN(c2nc3ccccc3[nH]2)C1. The fourth-order valence-electron chi connectivity index (χ4n) is 3.25. The number of aromatic amines is 1. The molecule has 1 aliphatic heterocycles. The fraction of sp³-hybridized carbons (Fsp3) is 0.529. The summed E-state index contributed by atoms with van der Waals surface area (Å²) in [6.45, 7) is 7.95. The highest BCUT2D eigenvalue weighted by atomic mass is 16.5. The molecule has 2 aromatic rings. The number of hydrogen-bond acceptors (Lipinski definition) is 4. The van der Waals surface area contributed by atoms with E-state index < -0.39 is 5.41 Å². The minimum atomic E-state index is -0.436.